The fourth-order valence-electron chi connectivity index (χ4n) is 2.46. The standard InChI is InChI=1S/C14H19NO3/c1-16-10-7-12(17-2)14-11(15-9-3-4-9)5-6-18-13(14)8-10/h7-9,11,15H,3-6H2,1-2H3. The van der Waals surface area contributed by atoms with Crippen molar-refractivity contribution in [2.75, 3.05) is 20.8 Å². The molecule has 0 bridgehead atoms. The highest BCUT2D eigenvalue weighted by molar-refractivity contribution is 5.53. The summed E-state index contributed by atoms with van der Waals surface area (Å²) in [6, 6.07) is 4.88. The second kappa shape index (κ2) is 4.69. The Hall–Kier alpha value is -1.42. The van der Waals surface area contributed by atoms with Crippen LogP contribution in [0.25, 0.3) is 0 Å². The second-order valence-corrected chi connectivity index (χ2v) is 4.87. The van der Waals surface area contributed by atoms with Gasteiger partial charge in [-0.15, -0.1) is 0 Å². The first-order valence-corrected chi connectivity index (χ1v) is 6.46. The maximum absolute atomic E-state index is 5.74. The monoisotopic (exact) mass is 249 g/mol. The minimum Gasteiger partial charge on any atom is -0.496 e. The van der Waals surface area contributed by atoms with E-state index >= 15 is 0 Å². The van der Waals surface area contributed by atoms with E-state index in [0.717, 1.165) is 35.8 Å². The fourth-order valence-corrected chi connectivity index (χ4v) is 2.46. The van der Waals surface area contributed by atoms with Crippen molar-refractivity contribution in [3.05, 3.63) is 17.7 Å². The average molecular weight is 249 g/mol. The van der Waals surface area contributed by atoms with Gasteiger partial charge in [-0.25, -0.2) is 0 Å². The normalized spacial score (nSPS) is 22.0. The number of hydrogen-bond acceptors (Lipinski definition) is 4. The first-order chi connectivity index (χ1) is 8.81. The maximum atomic E-state index is 5.74. The molecule has 4 heteroatoms. The number of hydrogen-bond donors (Lipinski definition) is 1. The van der Waals surface area contributed by atoms with Gasteiger partial charge < -0.3 is 19.5 Å². The third-order valence-corrected chi connectivity index (χ3v) is 3.56. The largest absolute Gasteiger partial charge is 0.496 e. The van der Waals surface area contributed by atoms with Gasteiger partial charge in [0.25, 0.3) is 0 Å². The number of ether oxygens (including phenoxy) is 3. The molecule has 1 saturated carbocycles. The van der Waals surface area contributed by atoms with Crippen molar-refractivity contribution in [2.45, 2.75) is 31.3 Å². The Balaban J connectivity index is 1.97. The van der Waals surface area contributed by atoms with E-state index in [1.54, 1.807) is 14.2 Å². The first kappa shape index (κ1) is 11.7. The summed E-state index contributed by atoms with van der Waals surface area (Å²) in [5.41, 5.74) is 1.14. The molecule has 1 aliphatic heterocycles. The molecule has 1 heterocycles. The van der Waals surface area contributed by atoms with Gasteiger partial charge in [-0.2, -0.15) is 0 Å². The molecule has 0 radical (unpaired) electrons. The maximum Gasteiger partial charge on any atom is 0.131 e. The smallest absolute Gasteiger partial charge is 0.131 e. The zero-order valence-corrected chi connectivity index (χ0v) is 10.9. The zero-order chi connectivity index (χ0) is 12.5. The quantitative estimate of drug-likeness (QED) is 0.888. The van der Waals surface area contributed by atoms with Gasteiger partial charge in [0.2, 0.25) is 0 Å². The number of rotatable bonds is 4. The van der Waals surface area contributed by atoms with E-state index in [2.05, 4.69) is 5.32 Å². The molecule has 0 amide bonds. The minimum absolute atomic E-state index is 0.335. The molecule has 1 aromatic rings. The van der Waals surface area contributed by atoms with Gasteiger partial charge in [0.05, 0.1) is 26.4 Å². The second-order valence-electron chi connectivity index (χ2n) is 4.87. The number of nitrogens with one attached hydrogen (secondary N) is 1. The van der Waals surface area contributed by atoms with Gasteiger partial charge in [0, 0.05) is 30.6 Å². The van der Waals surface area contributed by atoms with E-state index in [0.29, 0.717) is 12.1 Å². The van der Waals surface area contributed by atoms with Crippen LogP contribution in [0.1, 0.15) is 30.9 Å². The van der Waals surface area contributed by atoms with Crippen molar-refractivity contribution in [3.63, 3.8) is 0 Å². The highest BCUT2D eigenvalue weighted by atomic mass is 16.5. The molecular formula is C14H19NO3. The summed E-state index contributed by atoms with van der Waals surface area (Å²) in [5, 5.41) is 3.66. The van der Waals surface area contributed by atoms with Gasteiger partial charge in [-0.3, -0.25) is 0 Å². The molecule has 1 unspecified atom stereocenters. The third kappa shape index (κ3) is 2.12. The van der Waals surface area contributed by atoms with E-state index in [-0.39, 0.29) is 0 Å². The van der Waals surface area contributed by atoms with Gasteiger partial charge in [-0.1, -0.05) is 0 Å². The van der Waals surface area contributed by atoms with E-state index in [9.17, 15) is 0 Å². The Bertz CT molecular complexity index is 426. The summed E-state index contributed by atoms with van der Waals surface area (Å²) < 4.78 is 16.5. The van der Waals surface area contributed by atoms with Crippen molar-refractivity contribution in [1.29, 1.82) is 0 Å². The van der Waals surface area contributed by atoms with Crippen LogP contribution in [0.4, 0.5) is 0 Å². The molecule has 98 valence electrons. The van der Waals surface area contributed by atoms with Crippen molar-refractivity contribution in [3.8, 4) is 17.2 Å². The van der Waals surface area contributed by atoms with Gasteiger partial charge in [0.15, 0.2) is 0 Å². The molecule has 4 nitrogen and oxygen atoms in total. The molecule has 1 aliphatic carbocycles. The van der Waals surface area contributed by atoms with Crippen molar-refractivity contribution in [2.24, 2.45) is 0 Å². The summed E-state index contributed by atoms with van der Waals surface area (Å²) in [5.74, 6) is 2.51. The van der Waals surface area contributed by atoms with Gasteiger partial charge >= 0.3 is 0 Å². The predicted octanol–water partition coefficient (Wildman–Crippen LogP) is 2.28. The van der Waals surface area contributed by atoms with Crippen LogP contribution < -0.4 is 19.5 Å². The van der Waals surface area contributed by atoms with Crippen LogP contribution in [0, 0.1) is 0 Å². The van der Waals surface area contributed by atoms with Crippen LogP contribution >= 0.6 is 0 Å². The third-order valence-electron chi connectivity index (χ3n) is 3.56. The van der Waals surface area contributed by atoms with Crippen molar-refractivity contribution in [1.82, 2.24) is 5.32 Å². The number of benzene rings is 1. The molecule has 0 aromatic heterocycles. The molecule has 0 saturated heterocycles. The Morgan fingerprint density at radius 1 is 1.17 bits per heavy atom. The molecule has 3 rings (SSSR count). The first-order valence-electron chi connectivity index (χ1n) is 6.46. The van der Waals surface area contributed by atoms with Crippen LogP contribution in [-0.4, -0.2) is 26.9 Å². The van der Waals surface area contributed by atoms with E-state index in [4.69, 9.17) is 14.2 Å². The van der Waals surface area contributed by atoms with Crippen LogP contribution in [-0.2, 0) is 0 Å². The lowest BCUT2D eigenvalue weighted by molar-refractivity contribution is 0.243. The lowest BCUT2D eigenvalue weighted by Crippen LogP contribution is -2.29. The van der Waals surface area contributed by atoms with Crippen LogP contribution in [0.2, 0.25) is 0 Å². The fraction of sp³-hybridized carbons (Fsp3) is 0.571. The Morgan fingerprint density at radius 3 is 2.67 bits per heavy atom. The molecule has 1 atom stereocenters. The van der Waals surface area contributed by atoms with Gasteiger partial charge in [0.1, 0.15) is 17.2 Å². The molecule has 2 aliphatic rings. The molecule has 18 heavy (non-hydrogen) atoms. The number of methoxy groups -OCH3 is 2. The zero-order valence-electron chi connectivity index (χ0n) is 10.9. The molecule has 1 aromatic carbocycles. The lowest BCUT2D eigenvalue weighted by Gasteiger charge is -2.28. The van der Waals surface area contributed by atoms with E-state index in [1.807, 2.05) is 12.1 Å². The lowest BCUT2D eigenvalue weighted by atomic mass is 9.99. The van der Waals surface area contributed by atoms with Crippen LogP contribution in [0.5, 0.6) is 17.2 Å². The molecular weight excluding hydrogens is 230 g/mol. The molecule has 0 spiro atoms. The van der Waals surface area contributed by atoms with Crippen molar-refractivity contribution >= 4 is 0 Å². The van der Waals surface area contributed by atoms with Crippen LogP contribution in [0.3, 0.4) is 0 Å². The topological polar surface area (TPSA) is 39.7 Å². The Kier molecular flexibility index (Phi) is 3.04. The summed E-state index contributed by atoms with van der Waals surface area (Å²) >= 11 is 0. The SMILES string of the molecule is COc1cc(OC)c2c(c1)OCCC2NC1CC1. The van der Waals surface area contributed by atoms with Gasteiger partial charge in [-0.05, 0) is 12.8 Å². The average Bonchev–Trinajstić information content (AvgIpc) is 3.21. The summed E-state index contributed by atoms with van der Waals surface area (Å²) in [6.07, 6.45) is 3.56. The predicted molar refractivity (Wildman–Crippen MR) is 68.6 cm³/mol. The Morgan fingerprint density at radius 2 is 2.00 bits per heavy atom. The number of fused-ring (bicyclic) bond motifs is 1. The molecule has 1 N–H and O–H groups in total. The highest BCUT2D eigenvalue weighted by Gasteiger charge is 2.31. The van der Waals surface area contributed by atoms with E-state index < -0.39 is 0 Å². The van der Waals surface area contributed by atoms with Crippen LogP contribution in [0.15, 0.2) is 12.1 Å². The van der Waals surface area contributed by atoms with E-state index in [1.165, 1.54) is 12.8 Å². The summed E-state index contributed by atoms with van der Waals surface area (Å²) in [4.78, 5) is 0. The highest BCUT2D eigenvalue weighted by Crippen LogP contribution is 2.43. The minimum atomic E-state index is 0.335. The summed E-state index contributed by atoms with van der Waals surface area (Å²) in [7, 11) is 3.35. The Labute approximate surface area is 107 Å². The van der Waals surface area contributed by atoms with Crippen molar-refractivity contribution < 1.29 is 14.2 Å². The summed E-state index contributed by atoms with van der Waals surface area (Å²) in [6.45, 7) is 0.744. The molecule has 1 fully saturated rings.